The van der Waals surface area contributed by atoms with Gasteiger partial charge in [-0.05, 0) is 0 Å². The van der Waals surface area contributed by atoms with E-state index in [1.54, 1.807) is 0 Å². The smallest absolute Gasteiger partial charge is 0 e. The summed E-state index contributed by atoms with van der Waals surface area (Å²) in [6.45, 7) is 0. The van der Waals surface area contributed by atoms with E-state index in [0.717, 1.165) is 0 Å². The molecule has 0 aromatic carbocycles. The van der Waals surface area contributed by atoms with Gasteiger partial charge in [-0.15, -0.1) is 24.0 Å². The van der Waals surface area contributed by atoms with Crippen LogP contribution in [0.3, 0.4) is 0 Å². The Labute approximate surface area is 111 Å². The van der Waals surface area contributed by atoms with Crippen LogP contribution in [0.4, 0.5) is 0 Å². The fraction of sp³-hybridized carbons (Fsp3) is 0. The molecular formula is H3I6-. The van der Waals surface area contributed by atoms with Gasteiger partial charge in [-0.3, -0.25) is 0 Å². The van der Waals surface area contributed by atoms with Crippen molar-refractivity contribution in [3.63, 3.8) is 0 Å². The first-order valence-electron chi connectivity index (χ1n) is 1.43. The molecule has 0 aliphatic rings. The summed E-state index contributed by atoms with van der Waals surface area (Å²) in [6.07, 6.45) is 0. The van der Waals surface area contributed by atoms with Crippen molar-refractivity contribution in [3.05, 3.63) is 0 Å². The van der Waals surface area contributed by atoms with Gasteiger partial charge in [0.15, 0.2) is 0 Å². The van der Waals surface area contributed by atoms with Crippen molar-refractivity contribution in [2.24, 2.45) is 0 Å². The van der Waals surface area contributed by atoms with Gasteiger partial charge in [-0.25, -0.2) is 0 Å². The number of hydrogen-bond donors (Lipinski definition) is 0. The standard InChI is InChI=1S/I3.I2.HI.H2/c1-3-2;1-2;;/h;;2*1H/q-1;;;/i;;;1+2T. The fourth-order valence-corrected chi connectivity index (χ4v) is 0. The third kappa shape index (κ3) is 23.8. The van der Waals surface area contributed by atoms with E-state index in [2.05, 4.69) is 74.5 Å². The molecule has 0 aliphatic carbocycles. The average molecular weight is 768 g/mol. The summed E-state index contributed by atoms with van der Waals surface area (Å²) in [5.41, 5.74) is 0. The van der Waals surface area contributed by atoms with Crippen LogP contribution in [0, 0.1) is 0 Å². The van der Waals surface area contributed by atoms with Gasteiger partial charge in [0.1, 0.15) is 0 Å². The van der Waals surface area contributed by atoms with E-state index >= 15 is 0 Å². The second-order valence-electron chi connectivity index (χ2n) is 0.0540. The minimum Gasteiger partial charge on any atom is 0 e. The average Bonchev–Trinajstić information content (AvgIpc) is 1.78. The van der Waals surface area contributed by atoms with Crippen LogP contribution in [0.5, 0.6) is 0 Å². The molecule has 0 N–H and O–H groups in total. The molecule has 6 heavy (non-hydrogen) atoms. The summed E-state index contributed by atoms with van der Waals surface area (Å²) in [5, 5.41) is 0. The van der Waals surface area contributed by atoms with Gasteiger partial charge in [0.05, 0.1) is 0 Å². The molecule has 6 heteroatoms. The molecule has 0 saturated heterocycles. The van der Waals surface area contributed by atoms with Crippen molar-refractivity contribution in [3.8, 4) is 0 Å². The molecule has 0 amide bonds. The Morgan fingerprint density at radius 3 is 1.33 bits per heavy atom. The van der Waals surface area contributed by atoms with Crippen molar-refractivity contribution < 1.29 is 16.2 Å². The molecule has 0 nitrogen and oxygen atoms in total. The Bertz CT molecular complexity index is 6.49. The van der Waals surface area contributed by atoms with Crippen LogP contribution in [-0.4, -0.2) is 0 Å². The molecule has 0 bridgehead atoms. The molecular weight excluding hydrogens is 761 g/mol. The summed E-state index contributed by atoms with van der Waals surface area (Å²) < 4.78 is 10.0. The van der Waals surface area contributed by atoms with E-state index in [9.17, 15) is 0 Å². The third-order valence-electron chi connectivity index (χ3n) is 0. The predicted octanol–water partition coefficient (Wildman–Crippen LogP) is 1.41. The van der Waals surface area contributed by atoms with E-state index in [4.69, 9.17) is 2.97 Å². The quantitative estimate of drug-likeness (QED) is 0.328. The molecule has 0 spiro atoms. The third-order valence-corrected chi connectivity index (χ3v) is 0. The Balaban J connectivity index is -0.0000000147. The molecule has 0 heterocycles. The monoisotopic (exact) mass is 768 g/mol. The van der Waals surface area contributed by atoms with Gasteiger partial charge in [0.25, 0.3) is 0 Å². The zero-order valence-corrected chi connectivity index (χ0v) is 15.4. The first kappa shape index (κ1) is 13.0. The van der Waals surface area contributed by atoms with E-state index in [1.807, 2.05) is 0 Å². The maximum absolute atomic E-state index is 5.00. The molecule has 46 valence electrons. The molecule has 0 aromatic rings. The molecule has 0 radical (unpaired) electrons. The molecule has 0 unspecified atom stereocenters. The first-order chi connectivity index (χ1) is 3.41. The second kappa shape index (κ2) is 22.8. The molecule has 0 aromatic heterocycles. The fourth-order valence-electron chi connectivity index (χ4n) is 0. The Morgan fingerprint density at radius 2 is 1.33 bits per heavy atom. The van der Waals surface area contributed by atoms with Crippen molar-refractivity contribution in [2.45, 2.75) is 0 Å². The number of hydrogen-bond acceptors (Lipinski definition) is 0. The largest absolute Gasteiger partial charge is 0 e. The van der Waals surface area contributed by atoms with E-state index in [1.165, 1.54) is 0 Å². The summed E-state index contributed by atoms with van der Waals surface area (Å²) in [4.78, 5) is 0. The van der Waals surface area contributed by atoms with E-state index < -0.39 is 0 Å². The summed E-state index contributed by atoms with van der Waals surface area (Å²) in [5.74, 6) is 0. The van der Waals surface area contributed by atoms with Crippen LogP contribution >= 0.6 is 98.4 Å². The van der Waals surface area contributed by atoms with Gasteiger partial charge in [0.2, 0.25) is 0 Å². The van der Waals surface area contributed by atoms with Gasteiger partial charge < -0.3 is 0 Å². The minimum absolute atomic E-state index is 0. The van der Waals surface area contributed by atoms with E-state index in [0.29, 0.717) is 13.3 Å². The Morgan fingerprint density at radius 1 is 1.33 bits per heavy atom. The summed E-state index contributed by atoms with van der Waals surface area (Å²) >= 11 is 9.54. The van der Waals surface area contributed by atoms with Crippen LogP contribution in [0.15, 0.2) is 0 Å². The van der Waals surface area contributed by atoms with Gasteiger partial charge in [-0.1, -0.05) is 0 Å². The maximum atomic E-state index is 5.00. The predicted molar refractivity (Wildman–Crippen MR) is 73.6 cm³/mol. The summed E-state index contributed by atoms with van der Waals surface area (Å²) in [7, 11) is 0. The molecule has 0 rings (SSSR count). The summed E-state index contributed by atoms with van der Waals surface area (Å²) in [6, 6.07) is 0. The van der Waals surface area contributed by atoms with Gasteiger partial charge in [-0.2, -0.15) is 0 Å². The maximum Gasteiger partial charge on any atom is 0 e. The van der Waals surface area contributed by atoms with Gasteiger partial charge >= 0.3 is 50.5 Å². The molecule has 0 atom stereocenters. The Hall–Kier alpha value is 4.38. The first-order valence-corrected chi connectivity index (χ1v) is 19.3. The van der Waals surface area contributed by atoms with E-state index in [-0.39, 0.29) is 24.0 Å². The zero-order valence-electron chi connectivity index (χ0n) is 4.30. The topological polar surface area (TPSA) is 0 Å². The normalized spacial score (nSPS) is 6.00. The number of halogens is 6. The van der Waals surface area contributed by atoms with Crippen molar-refractivity contribution in [1.29, 1.82) is 0 Å². The molecule has 0 aliphatic heterocycles. The van der Waals surface area contributed by atoms with Crippen molar-refractivity contribution in [2.75, 3.05) is 0 Å². The van der Waals surface area contributed by atoms with Gasteiger partial charge in [0, 0.05) is 40.2 Å². The van der Waals surface area contributed by atoms with Crippen LogP contribution in [-0.2, 0) is 0 Å². The minimum atomic E-state index is 0. The van der Waals surface area contributed by atoms with Crippen LogP contribution in [0.25, 0.3) is 0 Å². The molecule has 0 fully saturated rings. The Kier molecular flexibility index (Phi) is 49.3. The van der Waals surface area contributed by atoms with Crippen molar-refractivity contribution in [1.82, 2.24) is 0 Å². The SMILES string of the molecule is I.II.I[I-]I.[3H][3H]. The van der Waals surface area contributed by atoms with Crippen LogP contribution in [0.1, 0.15) is 2.97 Å². The van der Waals surface area contributed by atoms with Crippen molar-refractivity contribution >= 4 is 98.4 Å². The van der Waals surface area contributed by atoms with Crippen LogP contribution < -0.4 is 13.3 Å². The number of rotatable bonds is 0. The second-order valence-corrected chi connectivity index (χ2v) is 16.3. The zero-order chi connectivity index (χ0) is 6.71. The molecule has 0 saturated carbocycles. The van der Waals surface area contributed by atoms with Crippen LogP contribution in [0.2, 0.25) is 0 Å².